The summed E-state index contributed by atoms with van der Waals surface area (Å²) in [4.78, 5) is 35.7. The van der Waals surface area contributed by atoms with Crippen LogP contribution >= 0.6 is 0 Å². The molecule has 12 N–H and O–H groups in total. The quantitative estimate of drug-likeness (QED) is 0.288. The minimum absolute atomic E-state index is 0. The minimum Gasteiger partial charge on any atom is -0.543 e. The first kappa shape index (κ1) is 31.4. The zero-order valence-electron chi connectivity index (χ0n) is 14.2. The molecule has 2 saturated heterocycles. The van der Waals surface area contributed by atoms with Crippen LogP contribution in [0.4, 0.5) is 0 Å². The van der Waals surface area contributed by atoms with Gasteiger partial charge < -0.3 is 71.8 Å². The molecule has 2 aliphatic rings. The lowest BCUT2D eigenvalue weighted by Crippen LogP contribution is -3.04. The van der Waals surface area contributed by atoms with Gasteiger partial charge in [0.25, 0.3) is 0 Å². The summed E-state index contributed by atoms with van der Waals surface area (Å²) in [6, 6.07) is 0. The molecule has 0 atom stereocenters. The van der Waals surface area contributed by atoms with E-state index in [1.807, 2.05) is 0 Å². The Kier molecular flexibility index (Phi) is 27.4. The van der Waals surface area contributed by atoms with Gasteiger partial charge in [-0.25, -0.2) is 0 Å². The molecule has 0 amide bonds. The lowest BCUT2D eigenvalue weighted by Gasteiger charge is -2.04. The van der Waals surface area contributed by atoms with Gasteiger partial charge in [0, 0.05) is 0 Å². The fourth-order valence-electron chi connectivity index (χ4n) is 1.52. The number of aliphatic carboxylic acids is 4. The molecule has 2 heterocycles. The van der Waals surface area contributed by atoms with Crippen molar-refractivity contribution < 1.29 is 71.8 Å². The molecular weight excluding hydrogens is 360 g/mol. The molecule has 26 heavy (non-hydrogen) atoms. The number of carboxylic acids is 4. The molecule has 0 aliphatic carbocycles. The Morgan fingerprint density at radius 2 is 0.538 bits per heavy atom. The van der Waals surface area contributed by atoms with E-state index < -0.39 is 23.9 Å². The third kappa shape index (κ3) is 29.6. The van der Waals surface area contributed by atoms with E-state index in [0.717, 1.165) is 0 Å². The molecule has 2 aliphatic heterocycles. The van der Waals surface area contributed by atoms with Gasteiger partial charge in [0.2, 0.25) is 0 Å². The Labute approximate surface area is 149 Å². The SMILES string of the molecule is C1C[NH2+]CC[NH2+]1.C1C[NH2+]CC[NH2+]1.O.O.O=C([O-])C(=O)[O-].O=C([O-])C(=O)[O-]. The van der Waals surface area contributed by atoms with Crippen LogP contribution < -0.4 is 41.7 Å². The zero-order valence-corrected chi connectivity index (χ0v) is 14.2. The minimum atomic E-state index is -2.19. The van der Waals surface area contributed by atoms with Crippen molar-refractivity contribution in [2.75, 3.05) is 52.4 Å². The number of carbonyl (C=O) groups excluding carboxylic acids is 4. The van der Waals surface area contributed by atoms with E-state index in [0.29, 0.717) is 0 Å². The predicted octanol–water partition coefficient (Wildman–Crippen LogP) is -14.4. The summed E-state index contributed by atoms with van der Waals surface area (Å²) in [6.07, 6.45) is 0. The van der Waals surface area contributed by atoms with Crippen molar-refractivity contribution in [3.05, 3.63) is 0 Å². The summed E-state index contributed by atoms with van der Waals surface area (Å²) in [5.74, 6) is -8.74. The molecule has 0 aromatic rings. The number of nitrogens with two attached hydrogens (primary N) is 4. The zero-order chi connectivity index (χ0) is 18.8. The van der Waals surface area contributed by atoms with Crippen LogP contribution in [0.15, 0.2) is 0 Å². The van der Waals surface area contributed by atoms with Crippen molar-refractivity contribution in [1.82, 2.24) is 0 Å². The molecule has 0 spiro atoms. The Balaban J connectivity index is -0.000000121. The van der Waals surface area contributed by atoms with E-state index in [9.17, 15) is 0 Å². The number of piperazine rings is 2. The van der Waals surface area contributed by atoms with Crippen molar-refractivity contribution in [2.24, 2.45) is 0 Å². The second-order valence-corrected chi connectivity index (χ2v) is 4.61. The highest BCUT2D eigenvalue weighted by Crippen LogP contribution is 1.42. The summed E-state index contributed by atoms with van der Waals surface area (Å²) in [5, 5.41) is 45.1. The van der Waals surface area contributed by atoms with Crippen LogP contribution in [-0.2, 0) is 19.2 Å². The van der Waals surface area contributed by atoms with E-state index in [2.05, 4.69) is 21.3 Å². The second kappa shape index (κ2) is 22.6. The molecular formula is C12H28N4O10. The maximum Gasteiger partial charge on any atom is 0.125 e. The molecule has 0 aromatic carbocycles. The number of quaternary nitrogens is 4. The molecule has 14 heteroatoms. The van der Waals surface area contributed by atoms with Crippen molar-refractivity contribution in [2.45, 2.75) is 0 Å². The average molecular weight is 388 g/mol. The van der Waals surface area contributed by atoms with E-state index in [1.54, 1.807) is 0 Å². The lowest BCUT2D eigenvalue weighted by atomic mass is 10.4. The second-order valence-electron chi connectivity index (χ2n) is 4.61. The van der Waals surface area contributed by atoms with Gasteiger partial charge in [0.15, 0.2) is 0 Å². The number of carbonyl (C=O) groups is 4. The molecule has 156 valence electrons. The Bertz CT molecular complexity index is 303. The first-order valence-corrected chi connectivity index (χ1v) is 7.40. The number of hydrogen-bond acceptors (Lipinski definition) is 8. The Morgan fingerprint density at radius 1 is 0.423 bits per heavy atom. The Hall–Kier alpha value is -2.36. The van der Waals surface area contributed by atoms with Crippen LogP contribution in [-0.4, -0.2) is 87.2 Å². The van der Waals surface area contributed by atoms with Gasteiger partial charge in [0.1, 0.15) is 52.4 Å². The van der Waals surface area contributed by atoms with Crippen LogP contribution in [0, 0.1) is 0 Å². The fraction of sp³-hybridized carbons (Fsp3) is 0.667. The Morgan fingerprint density at radius 3 is 0.577 bits per heavy atom. The van der Waals surface area contributed by atoms with Crippen LogP contribution in [0.25, 0.3) is 0 Å². The van der Waals surface area contributed by atoms with Crippen molar-refractivity contribution in [3.8, 4) is 0 Å². The van der Waals surface area contributed by atoms with Crippen LogP contribution in [0.1, 0.15) is 0 Å². The van der Waals surface area contributed by atoms with Gasteiger partial charge in [-0.3, -0.25) is 0 Å². The predicted molar refractivity (Wildman–Crippen MR) is 73.9 cm³/mol. The molecule has 0 unspecified atom stereocenters. The molecule has 2 rings (SSSR count). The molecule has 2 fully saturated rings. The number of carboxylic acid groups (broad SMARTS) is 4. The number of rotatable bonds is 0. The van der Waals surface area contributed by atoms with E-state index >= 15 is 0 Å². The molecule has 0 saturated carbocycles. The average Bonchev–Trinajstić information content (AvgIpc) is 2.59. The normalized spacial score (nSPS) is 14.5. The third-order valence-electron chi connectivity index (χ3n) is 2.63. The smallest absolute Gasteiger partial charge is 0.125 e. The van der Waals surface area contributed by atoms with Crippen LogP contribution in [0.5, 0.6) is 0 Å². The van der Waals surface area contributed by atoms with Crippen LogP contribution in [0.3, 0.4) is 0 Å². The molecule has 14 nitrogen and oxygen atoms in total. The lowest BCUT2D eigenvalue weighted by molar-refractivity contribution is -0.787. The first-order chi connectivity index (χ1) is 11.3. The summed E-state index contributed by atoms with van der Waals surface area (Å²) < 4.78 is 0. The maximum atomic E-state index is 8.93. The highest BCUT2D eigenvalue weighted by molar-refractivity contribution is 6.25. The first-order valence-electron chi connectivity index (χ1n) is 7.40. The highest BCUT2D eigenvalue weighted by Gasteiger charge is 2.00. The topological polar surface area (TPSA) is 290 Å². The molecule has 0 bridgehead atoms. The van der Waals surface area contributed by atoms with Crippen LogP contribution in [0.2, 0.25) is 0 Å². The fourth-order valence-corrected chi connectivity index (χ4v) is 1.52. The van der Waals surface area contributed by atoms with Gasteiger partial charge in [-0.15, -0.1) is 0 Å². The summed E-state index contributed by atoms with van der Waals surface area (Å²) in [5.41, 5.74) is 0. The maximum absolute atomic E-state index is 8.93. The van der Waals surface area contributed by atoms with E-state index in [-0.39, 0.29) is 11.0 Å². The monoisotopic (exact) mass is 388 g/mol. The van der Waals surface area contributed by atoms with Crippen molar-refractivity contribution in [1.29, 1.82) is 0 Å². The van der Waals surface area contributed by atoms with E-state index in [1.165, 1.54) is 52.4 Å². The number of hydrogen-bond donors (Lipinski definition) is 4. The van der Waals surface area contributed by atoms with Gasteiger partial charge in [-0.2, -0.15) is 0 Å². The summed E-state index contributed by atoms with van der Waals surface area (Å²) in [6.45, 7) is 10.6. The van der Waals surface area contributed by atoms with Crippen molar-refractivity contribution >= 4 is 23.9 Å². The largest absolute Gasteiger partial charge is 0.543 e. The van der Waals surface area contributed by atoms with Crippen molar-refractivity contribution in [3.63, 3.8) is 0 Å². The van der Waals surface area contributed by atoms with Gasteiger partial charge in [-0.05, 0) is 0 Å². The molecule has 0 radical (unpaired) electrons. The van der Waals surface area contributed by atoms with Gasteiger partial charge >= 0.3 is 0 Å². The van der Waals surface area contributed by atoms with Gasteiger partial charge in [0.05, 0.1) is 23.9 Å². The summed E-state index contributed by atoms with van der Waals surface area (Å²) >= 11 is 0. The molecule has 0 aromatic heterocycles. The summed E-state index contributed by atoms with van der Waals surface area (Å²) in [7, 11) is 0. The standard InChI is InChI=1S/2C4H10N2.2C2H2O4.2H2O/c2*1-2-6-4-3-5-1;2*3-1(4)2(5)6;;/h2*5-6H,1-4H2;2*(H,3,4)(H,5,6);2*1H2. The third-order valence-corrected chi connectivity index (χ3v) is 2.63. The highest BCUT2D eigenvalue weighted by atomic mass is 16.4. The van der Waals surface area contributed by atoms with E-state index in [4.69, 9.17) is 39.6 Å². The van der Waals surface area contributed by atoms with Gasteiger partial charge in [-0.1, -0.05) is 0 Å².